The number of fused-ring (bicyclic) bond motifs is 3. The average Bonchev–Trinajstić information content (AvgIpc) is 3.51. The topological polar surface area (TPSA) is 93.8 Å². The Hall–Kier alpha value is -3.55. The van der Waals surface area contributed by atoms with E-state index in [1.807, 2.05) is 29.0 Å². The van der Waals surface area contributed by atoms with Crippen LogP contribution < -0.4 is 5.56 Å². The first-order valence-electron chi connectivity index (χ1n) is 13.4. The van der Waals surface area contributed by atoms with Crippen molar-refractivity contribution in [3.8, 4) is 5.95 Å². The summed E-state index contributed by atoms with van der Waals surface area (Å²) in [5.41, 5.74) is 4.73. The van der Waals surface area contributed by atoms with E-state index in [-0.39, 0.29) is 11.5 Å². The van der Waals surface area contributed by atoms with Crippen LogP contribution in [0.3, 0.4) is 0 Å². The van der Waals surface area contributed by atoms with Crippen LogP contribution in [0.15, 0.2) is 41.1 Å². The molecule has 0 aliphatic heterocycles. The molecule has 0 radical (unpaired) electrons. The molecule has 0 bridgehead atoms. The summed E-state index contributed by atoms with van der Waals surface area (Å²) >= 11 is 0. The number of nitrogens with zero attached hydrogens (tertiary/aromatic N) is 6. The SMILES string of the molecule is CCc1nc(-n2ccnc2C(C)CCC=C(C)C)nc2c1[nH]c(=O)c1cnc(/C(C)=C/CCC(C)C)n12. The Morgan fingerprint density at radius 2 is 1.81 bits per heavy atom. The largest absolute Gasteiger partial charge is 0.316 e. The third-order valence-corrected chi connectivity index (χ3v) is 6.76. The number of aromatic amines is 1. The Morgan fingerprint density at radius 1 is 1.05 bits per heavy atom. The summed E-state index contributed by atoms with van der Waals surface area (Å²) in [5, 5.41) is 0. The summed E-state index contributed by atoms with van der Waals surface area (Å²) in [4.78, 5) is 35.2. The molecule has 196 valence electrons. The molecular weight excluding hydrogens is 462 g/mol. The Morgan fingerprint density at radius 3 is 2.51 bits per heavy atom. The number of nitrogens with one attached hydrogen (secondary N) is 1. The molecule has 0 saturated heterocycles. The highest BCUT2D eigenvalue weighted by molar-refractivity contribution is 5.79. The molecule has 1 atom stereocenters. The zero-order chi connectivity index (χ0) is 26.7. The van der Waals surface area contributed by atoms with Gasteiger partial charge >= 0.3 is 0 Å². The van der Waals surface area contributed by atoms with Gasteiger partial charge in [0, 0.05) is 18.3 Å². The van der Waals surface area contributed by atoms with Crippen LogP contribution in [-0.2, 0) is 6.42 Å². The molecule has 8 nitrogen and oxygen atoms in total. The van der Waals surface area contributed by atoms with Crippen LogP contribution in [0.4, 0.5) is 0 Å². The highest BCUT2D eigenvalue weighted by Crippen LogP contribution is 2.25. The third-order valence-electron chi connectivity index (χ3n) is 6.76. The Bertz CT molecular complexity index is 1510. The van der Waals surface area contributed by atoms with Crippen molar-refractivity contribution >= 4 is 22.3 Å². The summed E-state index contributed by atoms with van der Waals surface area (Å²) in [6.07, 6.45) is 14.5. The number of hydrogen-bond donors (Lipinski definition) is 1. The van der Waals surface area contributed by atoms with Gasteiger partial charge in [0.2, 0.25) is 5.95 Å². The van der Waals surface area contributed by atoms with Crippen molar-refractivity contribution in [3.63, 3.8) is 0 Å². The van der Waals surface area contributed by atoms with Crippen molar-refractivity contribution in [2.45, 2.75) is 86.5 Å². The molecule has 0 spiro atoms. The lowest BCUT2D eigenvalue weighted by Crippen LogP contribution is -2.16. The maximum atomic E-state index is 13.0. The number of H-pyrrole nitrogens is 1. The standard InChI is InChI=1S/C29H39N7O/c1-8-22-24-27(34-29(32-22)35-16-15-30-25(35)20(6)13-9-11-18(2)3)36-23(28(37)33-24)17-31-26(36)21(7)14-10-12-19(4)5/h11,14-17,19-20H,8-10,12-13H2,1-7H3,(H,33,37)/b21-14+. The minimum absolute atomic E-state index is 0.191. The van der Waals surface area contributed by atoms with Gasteiger partial charge in [-0.25, -0.2) is 15.0 Å². The van der Waals surface area contributed by atoms with Crippen LogP contribution in [0.2, 0.25) is 0 Å². The highest BCUT2D eigenvalue weighted by atomic mass is 16.1. The second kappa shape index (κ2) is 11.2. The van der Waals surface area contributed by atoms with E-state index in [9.17, 15) is 4.79 Å². The number of allylic oxidation sites excluding steroid dienone is 4. The first kappa shape index (κ1) is 26.5. The molecule has 37 heavy (non-hydrogen) atoms. The first-order chi connectivity index (χ1) is 17.7. The summed E-state index contributed by atoms with van der Waals surface area (Å²) < 4.78 is 3.86. The Balaban J connectivity index is 1.87. The zero-order valence-corrected chi connectivity index (χ0v) is 23.2. The predicted octanol–water partition coefficient (Wildman–Crippen LogP) is 6.40. The predicted molar refractivity (Wildman–Crippen MR) is 150 cm³/mol. The van der Waals surface area contributed by atoms with E-state index in [2.05, 4.69) is 61.7 Å². The number of aromatic nitrogens is 7. The monoisotopic (exact) mass is 501 g/mol. The van der Waals surface area contributed by atoms with E-state index < -0.39 is 0 Å². The summed E-state index contributed by atoms with van der Waals surface area (Å²) in [6, 6.07) is 0. The molecule has 4 aromatic rings. The molecule has 0 aromatic carbocycles. The fraction of sp³-hybridized carbons (Fsp3) is 0.483. The van der Waals surface area contributed by atoms with Crippen LogP contribution >= 0.6 is 0 Å². The van der Waals surface area contributed by atoms with Crippen LogP contribution in [0, 0.1) is 5.92 Å². The molecule has 1 unspecified atom stereocenters. The van der Waals surface area contributed by atoms with Crippen LogP contribution in [0.1, 0.15) is 97.4 Å². The first-order valence-corrected chi connectivity index (χ1v) is 13.4. The molecule has 0 fully saturated rings. The molecule has 4 heterocycles. The van der Waals surface area contributed by atoms with E-state index >= 15 is 0 Å². The number of imidazole rings is 2. The van der Waals surface area contributed by atoms with Gasteiger partial charge in [0.15, 0.2) is 5.65 Å². The van der Waals surface area contributed by atoms with Crippen molar-refractivity contribution in [1.82, 2.24) is 33.9 Å². The Labute approximate surface area is 218 Å². The van der Waals surface area contributed by atoms with Crippen molar-refractivity contribution < 1.29 is 0 Å². The van der Waals surface area contributed by atoms with Crippen LogP contribution in [0.5, 0.6) is 0 Å². The van der Waals surface area contributed by atoms with Gasteiger partial charge in [-0.05, 0) is 64.4 Å². The molecular formula is C29H39N7O. The molecule has 1 N–H and O–H groups in total. The number of hydrogen-bond acceptors (Lipinski definition) is 5. The number of aryl methyl sites for hydroxylation is 1. The van der Waals surface area contributed by atoms with Crippen molar-refractivity contribution in [2.75, 3.05) is 0 Å². The highest BCUT2D eigenvalue weighted by Gasteiger charge is 2.20. The van der Waals surface area contributed by atoms with Crippen molar-refractivity contribution in [2.24, 2.45) is 5.92 Å². The second-order valence-corrected chi connectivity index (χ2v) is 10.6. The van der Waals surface area contributed by atoms with Gasteiger partial charge in [-0.1, -0.05) is 45.4 Å². The van der Waals surface area contributed by atoms with Crippen molar-refractivity contribution in [3.05, 3.63) is 64.0 Å². The minimum atomic E-state index is -0.191. The maximum absolute atomic E-state index is 13.0. The van der Waals surface area contributed by atoms with Gasteiger partial charge in [0.05, 0.1) is 11.9 Å². The second-order valence-electron chi connectivity index (χ2n) is 10.6. The van der Waals surface area contributed by atoms with Crippen LogP contribution in [-0.4, -0.2) is 33.9 Å². The lowest BCUT2D eigenvalue weighted by atomic mass is 10.0. The van der Waals surface area contributed by atoms with Gasteiger partial charge < -0.3 is 4.98 Å². The molecule has 8 heteroatoms. The van der Waals surface area contributed by atoms with Gasteiger partial charge in [-0.3, -0.25) is 13.8 Å². The molecule has 0 amide bonds. The average molecular weight is 502 g/mol. The summed E-state index contributed by atoms with van der Waals surface area (Å²) in [5.74, 6) is 3.09. The van der Waals surface area contributed by atoms with Gasteiger partial charge in [0.1, 0.15) is 22.7 Å². The fourth-order valence-electron chi connectivity index (χ4n) is 4.64. The summed E-state index contributed by atoms with van der Waals surface area (Å²) in [6.45, 7) is 15.0. The van der Waals surface area contributed by atoms with E-state index in [0.29, 0.717) is 35.0 Å². The van der Waals surface area contributed by atoms with E-state index in [1.165, 1.54) is 5.57 Å². The molecule has 0 saturated carbocycles. The van der Waals surface area contributed by atoms with Gasteiger partial charge in [-0.2, -0.15) is 4.98 Å². The summed E-state index contributed by atoms with van der Waals surface area (Å²) in [7, 11) is 0. The van der Waals surface area contributed by atoms with E-state index in [1.54, 1.807) is 12.4 Å². The van der Waals surface area contributed by atoms with E-state index in [0.717, 1.165) is 48.6 Å². The molecule has 0 aliphatic carbocycles. The Kier molecular flexibility index (Phi) is 8.05. The quantitative estimate of drug-likeness (QED) is 0.254. The number of rotatable bonds is 10. The molecule has 0 aliphatic rings. The normalized spacial score (nSPS) is 13.1. The lowest BCUT2D eigenvalue weighted by Gasteiger charge is -2.15. The van der Waals surface area contributed by atoms with Crippen LogP contribution in [0.25, 0.3) is 28.2 Å². The lowest BCUT2D eigenvalue weighted by molar-refractivity contribution is 0.594. The fourth-order valence-corrected chi connectivity index (χ4v) is 4.64. The van der Waals surface area contributed by atoms with Gasteiger partial charge in [0.25, 0.3) is 5.56 Å². The zero-order valence-electron chi connectivity index (χ0n) is 23.2. The molecule has 4 rings (SSSR count). The smallest absolute Gasteiger partial charge is 0.274 e. The maximum Gasteiger partial charge on any atom is 0.274 e. The van der Waals surface area contributed by atoms with Gasteiger partial charge in [-0.15, -0.1) is 0 Å². The van der Waals surface area contributed by atoms with Crippen molar-refractivity contribution in [1.29, 1.82) is 0 Å². The van der Waals surface area contributed by atoms with E-state index in [4.69, 9.17) is 9.97 Å². The minimum Gasteiger partial charge on any atom is -0.316 e. The third kappa shape index (κ3) is 5.58. The molecule has 4 aromatic heterocycles.